The number of aliphatic hydroxyl groups is 1. The average Bonchev–Trinajstić information content (AvgIpc) is 2.38. The lowest BCUT2D eigenvalue weighted by Crippen LogP contribution is -2.49. The van der Waals surface area contributed by atoms with E-state index in [2.05, 4.69) is 11.0 Å². The van der Waals surface area contributed by atoms with Crippen molar-refractivity contribution in [3.63, 3.8) is 0 Å². The van der Waals surface area contributed by atoms with E-state index in [9.17, 15) is 5.11 Å². The quantitative estimate of drug-likeness (QED) is 0.847. The number of rotatable bonds is 3. The largest absolute Gasteiger partial charge is 0.497 e. The Kier molecular flexibility index (Phi) is 4.09. The predicted molar refractivity (Wildman–Crippen MR) is 73.0 cm³/mol. The third-order valence-electron chi connectivity index (χ3n) is 3.62. The number of nitrogens with zero attached hydrogens (tertiary/aromatic N) is 1. The summed E-state index contributed by atoms with van der Waals surface area (Å²) in [7, 11) is 1.67. The number of benzene rings is 1. The molecular formula is C14H22N2O2. The van der Waals surface area contributed by atoms with Crippen LogP contribution in [0.2, 0.25) is 0 Å². The van der Waals surface area contributed by atoms with Gasteiger partial charge in [0.2, 0.25) is 0 Å². The zero-order chi connectivity index (χ0) is 13.1. The minimum Gasteiger partial charge on any atom is -0.497 e. The van der Waals surface area contributed by atoms with Crippen molar-refractivity contribution in [2.45, 2.75) is 25.5 Å². The smallest absolute Gasteiger partial charge is 0.120 e. The Morgan fingerprint density at radius 2 is 2.22 bits per heavy atom. The van der Waals surface area contributed by atoms with Gasteiger partial charge in [-0.3, -0.25) is 0 Å². The van der Waals surface area contributed by atoms with Gasteiger partial charge in [0, 0.05) is 36.8 Å². The molecule has 0 bridgehead atoms. The SMILES string of the molecule is COc1cccc(N2CC(N)CC(C(C)O)C2)c1. The number of anilines is 1. The fourth-order valence-electron chi connectivity index (χ4n) is 2.55. The van der Waals surface area contributed by atoms with Crippen molar-refractivity contribution >= 4 is 5.69 Å². The van der Waals surface area contributed by atoms with Crippen molar-refractivity contribution in [2.75, 3.05) is 25.1 Å². The van der Waals surface area contributed by atoms with Crippen LogP contribution >= 0.6 is 0 Å². The van der Waals surface area contributed by atoms with E-state index in [0.717, 1.165) is 30.9 Å². The number of hydrogen-bond acceptors (Lipinski definition) is 4. The molecular weight excluding hydrogens is 228 g/mol. The van der Waals surface area contributed by atoms with Crippen LogP contribution in [0.25, 0.3) is 0 Å². The minimum atomic E-state index is -0.315. The van der Waals surface area contributed by atoms with E-state index < -0.39 is 0 Å². The molecule has 1 saturated heterocycles. The van der Waals surface area contributed by atoms with Crippen LogP contribution in [0.1, 0.15) is 13.3 Å². The molecule has 3 atom stereocenters. The van der Waals surface area contributed by atoms with Crippen LogP contribution in [-0.4, -0.2) is 37.5 Å². The maximum atomic E-state index is 9.75. The number of hydrogen-bond donors (Lipinski definition) is 2. The molecule has 1 aromatic rings. The average molecular weight is 250 g/mol. The van der Waals surface area contributed by atoms with E-state index in [-0.39, 0.29) is 18.1 Å². The maximum Gasteiger partial charge on any atom is 0.120 e. The Bertz CT molecular complexity index is 395. The molecule has 1 fully saturated rings. The molecule has 2 rings (SSSR count). The van der Waals surface area contributed by atoms with Crippen LogP contribution in [0.15, 0.2) is 24.3 Å². The van der Waals surface area contributed by atoms with Gasteiger partial charge in [0.25, 0.3) is 0 Å². The second-order valence-corrected chi connectivity index (χ2v) is 5.10. The molecule has 3 N–H and O–H groups in total. The fourth-order valence-corrected chi connectivity index (χ4v) is 2.55. The summed E-state index contributed by atoms with van der Waals surface area (Å²) in [4.78, 5) is 2.23. The minimum absolute atomic E-state index is 0.115. The first kappa shape index (κ1) is 13.2. The number of piperidine rings is 1. The Morgan fingerprint density at radius 1 is 1.44 bits per heavy atom. The number of aliphatic hydroxyl groups excluding tert-OH is 1. The van der Waals surface area contributed by atoms with Gasteiger partial charge in [0.05, 0.1) is 13.2 Å². The topological polar surface area (TPSA) is 58.7 Å². The monoisotopic (exact) mass is 250 g/mol. The van der Waals surface area contributed by atoms with E-state index in [4.69, 9.17) is 10.5 Å². The van der Waals surface area contributed by atoms with Crippen LogP contribution < -0.4 is 15.4 Å². The van der Waals surface area contributed by atoms with E-state index in [1.807, 2.05) is 25.1 Å². The highest BCUT2D eigenvalue weighted by atomic mass is 16.5. The molecule has 0 spiro atoms. The van der Waals surface area contributed by atoms with Gasteiger partial charge >= 0.3 is 0 Å². The molecule has 4 nitrogen and oxygen atoms in total. The Balaban J connectivity index is 2.15. The highest BCUT2D eigenvalue weighted by Crippen LogP contribution is 2.27. The van der Waals surface area contributed by atoms with Crippen molar-refractivity contribution in [3.05, 3.63) is 24.3 Å². The molecule has 0 saturated carbocycles. The molecule has 0 aromatic heterocycles. The maximum absolute atomic E-state index is 9.75. The Morgan fingerprint density at radius 3 is 2.89 bits per heavy atom. The summed E-state index contributed by atoms with van der Waals surface area (Å²) >= 11 is 0. The zero-order valence-electron chi connectivity index (χ0n) is 11.0. The predicted octanol–water partition coefficient (Wildman–Crippen LogP) is 1.23. The molecule has 4 heteroatoms. The van der Waals surface area contributed by atoms with Crippen molar-refractivity contribution < 1.29 is 9.84 Å². The van der Waals surface area contributed by atoms with E-state index in [1.54, 1.807) is 7.11 Å². The van der Waals surface area contributed by atoms with Gasteiger partial charge in [-0.05, 0) is 25.5 Å². The number of nitrogens with two attached hydrogens (primary N) is 1. The molecule has 0 amide bonds. The third kappa shape index (κ3) is 2.94. The summed E-state index contributed by atoms with van der Waals surface area (Å²) < 4.78 is 5.24. The summed E-state index contributed by atoms with van der Waals surface area (Å²) in [6.07, 6.45) is 0.572. The van der Waals surface area contributed by atoms with Gasteiger partial charge < -0.3 is 20.5 Å². The van der Waals surface area contributed by atoms with Gasteiger partial charge in [-0.1, -0.05) is 6.07 Å². The Labute approximate surface area is 108 Å². The first-order chi connectivity index (χ1) is 8.60. The van der Waals surface area contributed by atoms with Gasteiger partial charge in [0.1, 0.15) is 5.75 Å². The third-order valence-corrected chi connectivity index (χ3v) is 3.62. The first-order valence-electron chi connectivity index (χ1n) is 6.43. The van der Waals surface area contributed by atoms with Crippen molar-refractivity contribution in [1.82, 2.24) is 0 Å². The molecule has 100 valence electrons. The highest BCUT2D eigenvalue weighted by molar-refractivity contribution is 5.51. The molecule has 0 aliphatic carbocycles. The lowest BCUT2D eigenvalue weighted by atomic mass is 9.90. The Hall–Kier alpha value is -1.26. The molecule has 0 radical (unpaired) electrons. The second kappa shape index (κ2) is 5.59. The van der Waals surface area contributed by atoms with Gasteiger partial charge in [-0.2, -0.15) is 0 Å². The normalized spacial score (nSPS) is 25.9. The number of ether oxygens (including phenoxy) is 1. The summed E-state index contributed by atoms with van der Waals surface area (Å²) in [6, 6.07) is 8.09. The second-order valence-electron chi connectivity index (χ2n) is 5.10. The molecule has 1 aliphatic rings. The highest BCUT2D eigenvalue weighted by Gasteiger charge is 2.28. The van der Waals surface area contributed by atoms with Gasteiger partial charge in [-0.25, -0.2) is 0 Å². The van der Waals surface area contributed by atoms with Crippen LogP contribution in [0.4, 0.5) is 5.69 Å². The van der Waals surface area contributed by atoms with Crippen LogP contribution in [-0.2, 0) is 0 Å². The summed E-state index contributed by atoms with van der Waals surface area (Å²) in [5, 5.41) is 9.75. The molecule has 1 aromatic carbocycles. The van der Waals surface area contributed by atoms with Crippen molar-refractivity contribution in [3.8, 4) is 5.75 Å². The molecule has 3 unspecified atom stereocenters. The zero-order valence-corrected chi connectivity index (χ0v) is 11.0. The molecule has 18 heavy (non-hydrogen) atoms. The van der Waals surface area contributed by atoms with Crippen molar-refractivity contribution in [2.24, 2.45) is 11.7 Å². The van der Waals surface area contributed by atoms with Crippen LogP contribution in [0, 0.1) is 5.92 Å². The van der Waals surface area contributed by atoms with Crippen LogP contribution in [0.3, 0.4) is 0 Å². The van der Waals surface area contributed by atoms with E-state index in [1.165, 1.54) is 0 Å². The van der Waals surface area contributed by atoms with E-state index in [0.29, 0.717) is 0 Å². The van der Waals surface area contributed by atoms with E-state index >= 15 is 0 Å². The van der Waals surface area contributed by atoms with Crippen LogP contribution in [0.5, 0.6) is 5.75 Å². The summed E-state index contributed by atoms with van der Waals surface area (Å²) in [6.45, 7) is 3.52. The standard InChI is InChI=1S/C14H22N2O2/c1-10(17)11-6-12(15)9-16(8-11)13-4-3-5-14(7-13)18-2/h3-5,7,10-12,17H,6,8-9,15H2,1-2H3. The molecule has 1 heterocycles. The van der Waals surface area contributed by atoms with Gasteiger partial charge in [0.15, 0.2) is 0 Å². The summed E-state index contributed by atoms with van der Waals surface area (Å²) in [5.74, 6) is 1.08. The molecule has 1 aliphatic heterocycles. The van der Waals surface area contributed by atoms with Crippen molar-refractivity contribution in [1.29, 1.82) is 0 Å². The summed E-state index contributed by atoms with van der Waals surface area (Å²) in [5.41, 5.74) is 7.18. The lowest BCUT2D eigenvalue weighted by Gasteiger charge is -2.39. The lowest BCUT2D eigenvalue weighted by molar-refractivity contribution is 0.110. The fraction of sp³-hybridized carbons (Fsp3) is 0.571. The first-order valence-corrected chi connectivity index (χ1v) is 6.43. The van der Waals surface area contributed by atoms with Gasteiger partial charge in [-0.15, -0.1) is 0 Å². The number of methoxy groups -OCH3 is 1.